The van der Waals surface area contributed by atoms with Crippen molar-refractivity contribution in [1.29, 1.82) is 0 Å². The van der Waals surface area contributed by atoms with Crippen molar-refractivity contribution >= 4 is 39.0 Å². The van der Waals surface area contributed by atoms with Crippen LogP contribution in [0, 0.1) is 5.92 Å². The minimum Gasteiger partial charge on any atom is -0.485 e. The molecule has 0 aliphatic carbocycles. The molecule has 1 aliphatic heterocycles. The molecule has 0 saturated heterocycles. The molecule has 0 saturated carbocycles. The fourth-order valence-corrected chi connectivity index (χ4v) is 5.92. The molecule has 3 N–H and O–H groups in total. The number of sulfonamides is 1. The van der Waals surface area contributed by atoms with Crippen molar-refractivity contribution in [2.75, 3.05) is 31.5 Å². The molecule has 36 heavy (non-hydrogen) atoms. The Morgan fingerprint density at radius 3 is 2.61 bits per heavy atom. The first-order valence-electron chi connectivity index (χ1n) is 11.7. The van der Waals surface area contributed by atoms with Gasteiger partial charge in [0.25, 0.3) is 15.9 Å². The molecule has 12 heteroatoms. The van der Waals surface area contributed by atoms with Crippen LogP contribution in [0.15, 0.2) is 39.9 Å². The van der Waals surface area contributed by atoms with Crippen molar-refractivity contribution in [3.63, 3.8) is 0 Å². The van der Waals surface area contributed by atoms with Gasteiger partial charge < -0.3 is 25.0 Å². The predicted octanol–water partition coefficient (Wildman–Crippen LogP) is 2.82. The number of anilines is 1. The van der Waals surface area contributed by atoms with Crippen molar-refractivity contribution in [2.45, 2.75) is 50.1 Å². The molecule has 2 aromatic rings. The number of nitrogens with one attached hydrogen (secondary N) is 2. The molecule has 3 amide bonds. The zero-order valence-corrected chi connectivity index (χ0v) is 22.7. The van der Waals surface area contributed by atoms with Crippen LogP contribution >= 0.6 is 11.3 Å². The second-order valence-corrected chi connectivity index (χ2v) is 12.2. The fourth-order valence-electron chi connectivity index (χ4n) is 3.86. The number of thiophene rings is 1. The summed E-state index contributed by atoms with van der Waals surface area (Å²) >= 11 is 1.07. The second-order valence-electron chi connectivity index (χ2n) is 9.33. The number of nitrogens with zero attached hydrogens (tertiary/aromatic N) is 2. The van der Waals surface area contributed by atoms with Crippen molar-refractivity contribution in [3.8, 4) is 5.75 Å². The molecule has 0 unspecified atom stereocenters. The van der Waals surface area contributed by atoms with Gasteiger partial charge in [-0.05, 0) is 44.4 Å². The SMILES string of the molecule is CC(C)NC(=O)N(C)C[C@@H]1Oc2c(NS(=O)(=O)c3cccs3)cccc2C(=O)N([C@H](C)CO)C[C@H]1C. The van der Waals surface area contributed by atoms with E-state index in [0.29, 0.717) is 0 Å². The number of carbonyl (C=O) groups excluding carboxylic acids is 2. The largest absolute Gasteiger partial charge is 0.485 e. The van der Waals surface area contributed by atoms with Crippen LogP contribution in [0.3, 0.4) is 0 Å². The fraction of sp³-hybridized carbons (Fsp3) is 0.500. The molecule has 1 aromatic carbocycles. The number of para-hydroxylation sites is 1. The Morgan fingerprint density at radius 2 is 2.00 bits per heavy atom. The highest BCUT2D eigenvalue weighted by molar-refractivity contribution is 7.94. The molecule has 2 heterocycles. The number of ether oxygens (including phenoxy) is 1. The third-order valence-corrected chi connectivity index (χ3v) is 8.67. The van der Waals surface area contributed by atoms with Gasteiger partial charge in [-0.1, -0.05) is 19.1 Å². The van der Waals surface area contributed by atoms with Gasteiger partial charge in [0.1, 0.15) is 10.3 Å². The Morgan fingerprint density at radius 1 is 1.28 bits per heavy atom. The average Bonchev–Trinajstić information content (AvgIpc) is 3.36. The summed E-state index contributed by atoms with van der Waals surface area (Å²) in [5.74, 6) is -0.528. The predicted molar refractivity (Wildman–Crippen MR) is 139 cm³/mol. The van der Waals surface area contributed by atoms with Crippen LogP contribution in [0.4, 0.5) is 10.5 Å². The van der Waals surface area contributed by atoms with Crippen LogP contribution in [0.5, 0.6) is 5.75 Å². The maximum atomic E-state index is 13.5. The van der Waals surface area contributed by atoms with Gasteiger partial charge in [-0.3, -0.25) is 9.52 Å². The number of amides is 3. The van der Waals surface area contributed by atoms with Crippen LogP contribution < -0.4 is 14.8 Å². The first kappa shape index (κ1) is 27.8. The lowest BCUT2D eigenvalue weighted by Gasteiger charge is -2.38. The molecule has 0 fully saturated rings. The third kappa shape index (κ3) is 6.29. The van der Waals surface area contributed by atoms with Gasteiger partial charge >= 0.3 is 6.03 Å². The van der Waals surface area contributed by atoms with Crippen molar-refractivity contribution in [2.24, 2.45) is 5.92 Å². The summed E-state index contributed by atoms with van der Waals surface area (Å²) in [5, 5.41) is 14.3. The monoisotopic (exact) mass is 538 g/mol. The zero-order chi connectivity index (χ0) is 26.6. The van der Waals surface area contributed by atoms with Gasteiger partial charge in [0.05, 0.1) is 30.4 Å². The minimum absolute atomic E-state index is 0.0480. The molecule has 0 bridgehead atoms. The van der Waals surface area contributed by atoms with Crippen LogP contribution in [-0.4, -0.2) is 80.2 Å². The summed E-state index contributed by atoms with van der Waals surface area (Å²) in [5.41, 5.74) is 0.298. The number of likely N-dealkylation sites (N-methyl/N-ethyl adjacent to an activating group) is 1. The summed E-state index contributed by atoms with van der Waals surface area (Å²) in [6.07, 6.45) is -0.569. The highest BCUT2D eigenvalue weighted by atomic mass is 32.2. The normalized spacial score (nSPS) is 19.1. The van der Waals surface area contributed by atoms with Gasteiger partial charge in [-0.25, -0.2) is 13.2 Å². The van der Waals surface area contributed by atoms with E-state index in [2.05, 4.69) is 10.0 Å². The number of hydrogen-bond donors (Lipinski definition) is 3. The van der Waals surface area contributed by atoms with Crippen molar-refractivity contribution in [1.82, 2.24) is 15.1 Å². The highest BCUT2D eigenvalue weighted by Crippen LogP contribution is 2.36. The summed E-state index contributed by atoms with van der Waals surface area (Å²) in [7, 11) is -2.26. The Bertz CT molecular complexity index is 1170. The topological polar surface area (TPSA) is 128 Å². The number of fused-ring (bicyclic) bond motifs is 1. The maximum Gasteiger partial charge on any atom is 0.317 e. The summed E-state index contributed by atoms with van der Waals surface area (Å²) in [6.45, 7) is 7.61. The Hall–Kier alpha value is -2.83. The molecule has 3 atom stereocenters. The number of aliphatic hydroxyl groups is 1. The number of benzene rings is 1. The lowest BCUT2D eigenvalue weighted by molar-refractivity contribution is 0.0369. The van der Waals surface area contributed by atoms with E-state index in [1.54, 1.807) is 42.5 Å². The first-order valence-corrected chi connectivity index (χ1v) is 14.1. The van der Waals surface area contributed by atoms with Gasteiger partial charge in [-0.15, -0.1) is 11.3 Å². The molecule has 10 nitrogen and oxygen atoms in total. The van der Waals surface area contributed by atoms with Gasteiger partial charge in [-0.2, -0.15) is 0 Å². The van der Waals surface area contributed by atoms with E-state index >= 15 is 0 Å². The van der Waals surface area contributed by atoms with E-state index in [0.717, 1.165) is 11.3 Å². The second kappa shape index (κ2) is 11.5. The quantitative estimate of drug-likeness (QED) is 0.474. The molecule has 198 valence electrons. The van der Waals surface area contributed by atoms with Crippen LogP contribution in [0.2, 0.25) is 0 Å². The van der Waals surface area contributed by atoms with Gasteiger partial charge in [0.2, 0.25) is 0 Å². The Kier molecular flexibility index (Phi) is 8.85. The molecule has 0 radical (unpaired) electrons. The molecular formula is C24H34N4O6S2. The third-order valence-electron chi connectivity index (χ3n) is 5.91. The number of urea groups is 1. The molecule has 1 aliphatic rings. The number of carbonyl (C=O) groups is 2. The standard InChI is InChI=1S/C24H34N4O6S2/c1-15(2)25-24(31)27(5)13-20-16(3)12-28(17(4)14-29)23(30)18-8-6-9-19(22(18)34-20)26-36(32,33)21-10-7-11-35-21/h6-11,15-17,20,26,29H,12-14H2,1-5H3,(H,25,31)/t16-,17-,20+/m1/s1. The Labute approximate surface area is 216 Å². The summed E-state index contributed by atoms with van der Waals surface area (Å²) in [4.78, 5) is 29.1. The van der Waals surface area contributed by atoms with Crippen molar-refractivity contribution < 1.29 is 27.9 Å². The highest BCUT2D eigenvalue weighted by Gasteiger charge is 2.35. The van der Waals surface area contributed by atoms with E-state index in [9.17, 15) is 23.1 Å². The number of rotatable bonds is 8. The first-order chi connectivity index (χ1) is 16.9. The van der Waals surface area contributed by atoms with Crippen LogP contribution in [0.25, 0.3) is 0 Å². The zero-order valence-electron chi connectivity index (χ0n) is 21.1. The van der Waals surface area contributed by atoms with E-state index < -0.39 is 22.2 Å². The smallest absolute Gasteiger partial charge is 0.317 e. The minimum atomic E-state index is -3.91. The summed E-state index contributed by atoms with van der Waals surface area (Å²) in [6, 6.07) is 7.02. The average molecular weight is 539 g/mol. The maximum absolute atomic E-state index is 13.5. The molecule has 1 aromatic heterocycles. The van der Waals surface area contributed by atoms with E-state index in [-0.39, 0.29) is 64.8 Å². The van der Waals surface area contributed by atoms with Crippen LogP contribution in [-0.2, 0) is 10.0 Å². The molecular weight excluding hydrogens is 504 g/mol. The van der Waals surface area contributed by atoms with Gasteiger partial charge in [0, 0.05) is 25.6 Å². The van der Waals surface area contributed by atoms with Crippen LogP contribution in [0.1, 0.15) is 38.1 Å². The number of hydrogen-bond acceptors (Lipinski definition) is 7. The van der Waals surface area contributed by atoms with E-state index in [1.807, 2.05) is 20.8 Å². The van der Waals surface area contributed by atoms with Gasteiger partial charge in [0.15, 0.2) is 5.75 Å². The summed E-state index contributed by atoms with van der Waals surface area (Å²) < 4.78 is 35.0. The molecule has 0 spiro atoms. The Balaban J connectivity index is 2.04. The lowest BCUT2D eigenvalue weighted by Crippen LogP contribution is -2.51. The van der Waals surface area contributed by atoms with E-state index in [1.165, 1.54) is 17.0 Å². The number of aliphatic hydroxyl groups excluding tert-OH is 1. The van der Waals surface area contributed by atoms with E-state index in [4.69, 9.17) is 4.74 Å². The molecule has 3 rings (SSSR count). The lowest BCUT2D eigenvalue weighted by atomic mass is 9.99. The van der Waals surface area contributed by atoms with Crippen molar-refractivity contribution in [3.05, 3.63) is 41.3 Å².